The van der Waals surface area contributed by atoms with Crippen LogP contribution in [0, 0.1) is 6.92 Å². The number of rotatable bonds is 5. The van der Waals surface area contributed by atoms with Crippen LogP contribution in [0.3, 0.4) is 0 Å². The highest BCUT2D eigenvalue weighted by Crippen LogP contribution is 2.23. The maximum absolute atomic E-state index is 13.5. The molecule has 2 N–H and O–H groups in total. The van der Waals surface area contributed by atoms with Gasteiger partial charge in [0.05, 0.1) is 30.3 Å². The third-order valence-corrected chi connectivity index (χ3v) is 7.31. The summed E-state index contributed by atoms with van der Waals surface area (Å²) in [6.07, 6.45) is 3.13. The van der Waals surface area contributed by atoms with Crippen LogP contribution >= 0.6 is 0 Å². The molecule has 1 unspecified atom stereocenters. The van der Waals surface area contributed by atoms with Crippen molar-refractivity contribution < 1.29 is 9.64 Å². The summed E-state index contributed by atoms with van der Waals surface area (Å²) in [7, 11) is 0. The number of aromatic nitrogens is 5. The summed E-state index contributed by atoms with van der Waals surface area (Å²) in [5.41, 5.74) is 5.26. The molecule has 1 fully saturated rings. The van der Waals surface area contributed by atoms with Crippen LogP contribution < -0.4 is 10.5 Å². The highest BCUT2D eigenvalue weighted by atomic mass is 16.5. The van der Waals surface area contributed by atoms with Gasteiger partial charge in [0.25, 0.3) is 5.56 Å². The molecule has 0 amide bonds. The minimum absolute atomic E-state index is 0.0789. The van der Waals surface area contributed by atoms with Crippen LogP contribution in [0.4, 0.5) is 0 Å². The second-order valence-corrected chi connectivity index (χ2v) is 9.48. The molecule has 1 saturated heterocycles. The Kier molecular flexibility index (Phi) is 5.47. The third-order valence-electron chi connectivity index (χ3n) is 7.31. The largest absolute Gasteiger partial charge is 0.376 e. The predicted octanol–water partition coefficient (Wildman–Crippen LogP) is 1.73. The molecule has 0 aliphatic carbocycles. The van der Waals surface area contributed by atoms with Gasteiger partial charge in [0, 0.05) is 18.6 Å². The van der Waals surface area contributed by atoms with Crippen molar-refractivity contribution in [2.24, 2.45) is 0 Å². The van der Waals surface area contributed by atoms with Crippen molar-refractivity contribution in [3.8, 4) is 0 Å². The first-order valence-electron chi connectivity index (χ1n) is 12.1. The molecule has 0 saturated carbocycles. The molecule has 3 atom stereocenters. The molecule has 2 aliphatic rings. The number of aromatic amines is 1. The Bertz CT molecular complexity index is 1390. The molecule has 0 spiro atoms. The van der Waals surface area contributed by atoms with Crippen molar-refractivity contribution in [3.63, 3.8) is 0 Å². The van der Waals surface area contributed by atoms with Gasteiger partial charge < -0.3 is 14.6 Å². The Morgan fingerprint density at radius 1 is 1.21 bits per heavy atom. The summed E-state index contributed by atoms with van der Waals surface area (Å²) >= 11 is 0. The van der Waals surface area contributed by atoms with Crippen molar-refractivity contribution in [1.29, 1.82) is 0 Å². The van der Waals surface area contributed by atoms with Gasteiger partial charge in [0.15, 0.2) is 6.04 Å². The number of tetrazole rings is 1. The second-order valence-electron chi connectivity index (χ2n) is 9.48. The Morgan fingerprint density at radius 2 is 2.09 bits per heavy atom. The van der Waals surface area contributed by atoms with E-state index in [1.165, 1.54) is 16.0 Å². The third kappa shape index (κ3) is 3.82. The zero-order chi connectivity index (χ0) is 23.1. The molecule has 2 aliphatic heterocycles. The van der Waals surface area contributed by atoms with Gasteiger partial charge in [-0.3, -0.25) is 4.79 Å². The van der Waals surface area contributed by atoms with E-state index in [1.54, 1.807) is 0 Å². The van der Waals surface area contributed by atoms with E-state index in [-0.39, 0.29) is 17.7 Å². The average Bonchev–Trinajstić information content (AvgIpc) is 3.53. The molecular weight excluding hydrogens is 428 g/mol. The van der Waals surface area contributed by atoms with E-state index in [1.807, 2.05) is 29.8 Å². The van der Waals surface area contributed by atoms with Crippen LogP contribution in [0.1, 0.15) is 47.0 Å². The molecule has 6 rings (SSSR count). The molecular formula is C26H29N6O2+. The second kappa shape index (κ2) is 8.77. The predicted molar refractivity (Wildman–Crippen MR) is 128 cm³/mol. The fourth-order valence-corrected chi connectivity index (χ4v) is 5.53. The zero-order valence-electron chi connectivity index (χ0n) is 19.3. The fourth-order valence-electron chi connectivity index (χ4n) is 5.53. The van der Waals surface area contributed by atoms with Crippen LogP contribution in [0.2, 0.25) is 0 Å². The monoisotopic (exact) mass is 457 g/mol. The lowest BCUT2D eigenvalue weighted by molar-refractivity contribution is -0.942. The maximum atomic E-state index is 13.5. The molecule has 2 aromatic carbocycles. The number of aryl methyl sites for hydroxylation is 1. The van der Waals surface area contributed by atoms with Gasteiger partial charge in [-0.2, -0.15) is 0 Å². The SMILES string of the molecule is Cc1cccc2cc([C@H](c3nnnn3C[C@H]3CCCO3)[NH+]3CCc4ccccc4C3)c(=O)[nH]c12. The fraction of sp³-hybridized carbons (Fsp3) is 0.385. The first kappa shape index (κ1) is 21.2. The lowest BCUT2D eigenvalue weighted by Crippen LogP contribution is -3.12. The number of H-pyrrole nitrogens is 1. The molecule has 2 aromatic heterocycles. The summed E-state index contributed by atoms with van der Waals surface area (Å²) in [4.78, 5) is 17.9. The number of pyridine rings is 1. The molecule has 0 radical (unpaired) electrons. The maximum Gasteiger partial charge on any atom is 0.258 e. The first-order valence-corrected chi connectivity index (χ1v) is 12.1. The lowest BCUT2D eigenvalue weighted by atomic mass is 9.95. The van der Waals surface area contributed by atoms with E-state index in [4.69, 9.17) is 4.74 Å². The molecule has 8 heteroatoms. The van der Waals surface area contributed by atoms with Crippen LogP contribution in [0.15, 0.2) is 53.3 Å². The van der Waals surface area contributed by atoms with E-state index in [0.717, 1.165) is 61.2 Å². The van der Waals surface area contributed by atoms with E-state index < -0.39 is 0 Å². The lowest BCUT2D eigenvalue weighted by Gasteiger charge is -2.32. The van der Waals surface area contributed by atoms with Crippen LogP contribution in [0.5, 0.6) is 0 Å². The van der Waals surface area contributed by atoms with E-state index in [9.17, 15) is 4.79 Å². The first-order chi connectivity index (χ1) is 16.7. The molecule has 174 valence electrons. The van der Waals surface area contributed by atoms with Gasteiger partial charge in [-0.25, -0.2) is 4.68 Å². The molecule has 0 bridgehead atoms. The Morgan fingerprint density at radius 3 is 2.94 bits per heavy atom. The number of quaternary nitrogens is 1. The van der Waals surface area contributed by atoms with Gasteiger partial charge >= 0.3 is 0 Å². The van der Waals surface area contributed by atoms with Gasteiger partial charge in [-0.05, 0) is 52.8 Å². The summed E-state index contributed by atoms with van der Waals surface area (Å²) in [5.74, 6) is 0.724. The van der Waals surface area contributed by atoms with Crippen molar-refractivity contribution in [3.05, 3.63) is 87.0 Å². The number of nitrogens with one attached hydrogen (secondary N) is 2. The van der Waals surface area contributed by atoms with E-state index in [2.05, 4.69) is 50.8 Å². The average molecular weight is 458 g/mol. The van der Waals surface area contributed by atoms with Crippen LogP contribution in [0.25, 0.3) is 10.9 Å². The molecule has 34 heavy (non-hydrogen) atoms. The van der Waals surface area contributed by atoms with Crippen molar-refractivity contribution in [2.75, 3.05) is 13.2 Å². The van der Waals surface area contributed by atoms with Gasteiger partial charge in [0.1, 0.15) is 6.54 Å². The zero-order valence-corrected chi connectivity index (χ0v) is 19.3. The number of fused-ring (bicyclic) bond motifs is 2. The topological polar surface area (TPSA) is 90.1 Å². The molecule has 4 aromatic rings. The normalized spacial score (nSPS) is 21.0. The van der Waals surface area contributed by atoms with Crippen molar-refractivity contribution in [1.82, 2.24) is 25.2 Å². The van der Waals surface area contributed by atoms with E-state index >= 15 is 0 Å². The summed E-state index contributed by atoms with van der Waals surface area (Å²) in [6, 6.07) is 16.4. The summed E-state index contributed by atoms with van der Waals surface area (Å²) in [6.45, 7) is 5.12. The minimum Gasteiger partial charge on any atom is -0.376 e. The highest BCUT2D eigenvalue weighted by Gasteiger charge is 2.36. The number of nitrogens with zero attached hydrogens (tertiary/aromatic N) is 4. The Hall–Kier alpha value is -3.36. The summed E-state index contributed by atoms with van der Waals surface area (Å²) in [5, 5.41) is 13.9. The Labute approximate surface area is 197 Å². The highest BCUT2D eigenvalue weighted by molar-refractivity contribution is 5.82. The van der Waals surface area contributed by atoms with Crippen LogP contribution in [-0.2, 0) is 24.2 Å². The smallest absolute Gasteiger partial charge is 0.258 e. The van der Waals surface area contributed by atoms with Crippen LogP contribution in [-0.4, -0.2) is 44.4 Å². The van der Waals surface area contributed by atoms with Gasteiger partial charge in [0.2, 0.25) is 5.82 Å². The standard InChI is InChI=1S/C26H28N6O2/c1-17-6-4-9-19-14-22(26(33)27-23(17)19)24(31-12-11-18-7-2-3-8-20(18)15-31)25-28-29-30-32(25)16-21-10-5-13-34-21/h2-4,6-9,14,21,24H,5,10-13,15-16H2,1H3,(H,27,33)/p+1/t21-,24-/m1/s1. The number of benzene rings is 2. The van der Waals surface area contributed by atoms with Crippen molar-refractivity contribution >= 4 is 10.9 Å². The summed E-state index contributed by atoms with van der Waals surface area (Å²) < 4.78 is 7.72. The number of hydrogen-bond acceptors (Lipinski definition) is 5. The van der Waals surface area contributed by atoms with Gasteiger partial charge in [-0.15, -0.1) is 5.10 Å². The van der Waals surface area contributed by atoms with E-state index in [0.29, 0.717) is 12.1 Å². The quantitative estimate of drug-likeness (QED) is 0.477. The Balaban J connectivity index is 1.47. The molecule has 4 heterocycles. The number of ether oxygens (including phenoxy) is 1. The minimum atomic E-state index is -0.279. The number of para-hydroxylation sites is 1. The number of hydrogen-bond donors (Lipinski definition) is 2. The van der Waals surface area contributed by atoms with Crippen molar-refractivity contribution in [2.45, 2.75) is 51.4 Å². The molecule has 8 nitrogen and oxygen atoms in total. The van der Waals surface area contributed by atoms with Gasteiger partial charge in [-0.1, -0.05) is 42.5 Å².